The Kier molecular flexibility index (Phi) is 7.67. The first kappa shape index (κ1) is 17.9. The minimum absolute atomic E-state index is 0.0568. The molecule has 1 heterocycles. The van der Waals surface area contributed by atoms with E-state index in [1.807, 2.05) is 6.92 Å². The Labute approximate surface area is 127 Å². The molecule has 122 valence electrons. The molecule has 1 N–H and O–H groups in total. The standard InChI is InChI=1S/C15H28N2O4/c1-4-7-14(19)17-9-6-5-8-13(17)15(20)16(2)10-12(18)11-21-3/h12-13,18H,4-11H2,1-3H3/t12-,13+/m1/s1. The van der Waals surface area contributed by atoms with Gasteiger partial charge in [0.1, 0.15) is 6.04 Å². The summed E-state index contributed by atoms with van der Waals surface area (Å²) in [5.74, 6) is -0.0318. The van der Waals surface area contributed by atoms with E-state index in [1.165, 1.54) is 12.0 Å². The lowest BCUT2D eigenvalue weighted by atomic mass is 10.00. The van der Waals surface area contributed by atoms with Crippen molar-refractivity contribution < 1.29 is 19.4 Å². The maximum absolute atomic E-state index is 12.5. The van der Waals surface area contributed by atoms with Gasteiger partial charge in [0.25, 0.3) is 0 Å². The Balaban J connectivity index is 2.65. The molecule has 0 bridgehead atoms. The van der Waals surface area contributed by atoms with Gasteiger partial charge in [-0.15, -0.1) is 0 Å². The number of rotatable bonds is 7. The van der Waals surface area contributed by atoms with E-state index in [9.17, 15) is 14.7 Å². The molecule has 2 amide bonds. The third-order valence-electron chi connectivity index (χ3n) is 3.79. The summed E-state index contributed by atoms with van der Waals surface area (Å²) in [4.78, 5) is 27.9. The maximum atomic E-state index is 12.5. The van der Waals surface area contributed by atoms with Gasteiger partial charge in [0, 0.05) is 33.7 Å². The summed E-state index contributed by atoms with van der Waals surface area (Å²) in [6.45, 7) is 3.04. The molecule has 1 rings (SSSR count). The molecule has 21 heavy (non-hydrogen) atoms. The van der Waals surface area contributed by atoms with Crippen molar-refractivity contribution in [3.05, 3.63) is 0 Å². The molecule has 0 aromatic rings. The van der Waals surface area contributed by atoms with Gasteiger partial charge in [0.2, 0.25) is 11.8 Å². The van der Waals surface area contributed by atoms with Crippen molar-refractivity contribution >= 4 is 11.8 Å². The molecule has 0 aromatic carbocycles. The largest absolute Gasteiger partial charge is 0.389 e. The Morgan fingerprint density at radius 1 is 1.43 bits per heavy atom. The van der Waals surface area contributed by atoms with Crippen LogP contribution >= 0.6 is 0 Å². The molecule has 0 unspecified atom stereocenters. The number of nitrogens with zero attached hydrogens (tertiary/aromatic N) is 2. The molecule has 0 aliphatic carbocycles. The molecule has 1 aliphatic heterocycles. The van der Waals surface area contributed by atoms with Crippen LogP contribution in [0.2, 0.25) is 0 Å². The van der Waals surface area contributed by atoms with Crippen LogP contribution in [0.25, 0.3) is 0 Å². The number of hydrogen-bond donors (Lipinski definition) is 1. The van der Waals surface area contributed by atoms with Gasteiger partial charge in [-0.05, 0) is 25.7 Å². The monoisotopic (exact) mass is 300 g/mol. The van der Waals surface area contributed by atoms with Gasteiger partial charge in [-0.2, -0.15) is 0 Å². The lowest BCUT2D eigenvalue weighted by molar-refractivity contribution is -0.147. The van der Waals surface area contributed by atoms with Crippen molar-refractivity contribution in [1.29, 1.82) is 0 Å². The summed E-state index contributed by atoms with van der Waals surface area (Å²) >= 11 is 0. The zero-order chi connectivity index (χ0) is 15.8. The van der Waals surface area contributed by atoms with Gasteiger partial charge in [-0.1, -0.05) is 6.92 Å². The first-order valence-electron chi connectivity index (χ1n) is 7.72. The fourth-order valence-corrected chi connectivity index (χ4v) is 2.75. The number of carbonyl (C=O) groups is 2. The molecule has 1 saturated heterocycles. The average molecular weight is 300 g/mol. The van der Waals surface area contributed by atoms with Crippen molar-refractivity contribution in [3.8, 4) is 0 Å². The molecule has 1 fully saturated rings. The van der Waals surface area contributed by atoms with Crippen LogP contribution in [-0.4, -0.2) is 72.7 Å². The Hall–Kier alpha value is -1.14. The van der Waals surface area contributed by atoms with Gasteiger partial charge in [0.05, 0.1) is 12.7 Å². The fourth-order valence-electron chi connectivity index (χ4n) is 2.75. The smallest absolute Gasteiger partial charge is 0.245 e. The van der Waals surface area contributed by atoms with Crippen LogP contribution in [0.5, 0.6) is 0 Å². The average Bonchev–Trinajstić information content (AvgIpc) is 2.46. The second kappa shape index (κ2) is 9.00. The molecule has 0 aromatic heterocycles. The van der Waals surface area contributed by atoms with Crippen LogP contribution in [0.3, 0.4) is 0 Å². The van der Waals surface area contributed by atoms with Crippen LogP contribution < -0.4 is 0 Å². The third-order valence-corrected chi connectivity index (χ3v) is 3.79. The van der Waals surface area contributed by atoms with Crippen LogP contribution in [0.4, 0.5) is 0 Å². The van der Waals surface area contributed by atoms with Crippen molar-refractivity contribution in [2.24, 2.45) is 0 Å². The number of likely N-dealkylation sites (tertiary alicyclic amines) is 1. The number of methoxy groups -OCH3 is 1. The van der Waals surface area contributed by atoms with Gasteiger partial charge in [-0.25, -0.2) is 0 Å². The van der Waals surface area contributed by atoms with Crippen LogP contribution in [0.1, 0.15) is 39.0 Å². The number of likely N-dealkylation sites (N-methyl/N-ethyl adjacent to an activating group) is 1. The Bertz CT molecular complexity index is 349. The van der Waals surface area contributed by atoms with E-state index in [4.69, 9.17) is 4.74 Å². The lowest BCUT2D eigenvalue weighted by Crippen LogP contribution is -2.53. The topological polar surface area (TPSA) is 70.1 Å². The highest BCUT2D eigenvalue weighted by Crippen LogP contribution is 2.20. The molecular weight excluding hydrogens is 272 g/mol. The zero-order valence-corrected chi connectivity index (χ0v) is 13.4. The quantitative estimate of drug-likeness (QED) is 0.749. The van der Waals surface area contributed by atoms with E-state index >= 15 is 0 Å². The highest BCUT2D eigenvalue weighted by atomic mass is 16.5. The summed E-state index contributed by atoms with van der Waals surface area (Å²) in [6, 6.07) is -0.377. The highest BCUT2D eigenvalue weighted by molar-refractivity contribution is 5.87. The summed E-state index contributed by atoms with van der Waals surface area (Å²) in [6.07, 6.45) is 3.19. The van der Waals surface area contributed by atoms with Gasteiger partial charge in [-0.3, -0.25) is 9.59 Å². The van der Waals surface area contributed by atoms with Crippen molar-refractivity contribution in [1.82, 2.24) is 9.80 Å². The van der Waals surface area contributed by atoms with E-state index in [2.05, 4.69) is 0 Å². The normalized spacial score (nSPS) is 20.2. The molecule has 6 nitrogen and oxygen atoms in total. The van der Waals surface area contributed by atoms with Crippen LogP contribution in [0, 0.1) is 0 Å². The number of piperidine rings is 1. The maximum Gasteiger partial charge on any atom is 0.245 e. The van der Waals surface area contributed by atoms with Gasteiger partial charge >= 0.3 is 0 Å². The fraction of sp³-hybridized carbons (Fsp3) is 0.867. The molecule has 0 radical (unpaired) electrons. The summed E-state index contributed by atoms with van der Waals surface area (Å²) in [5.41, 5.74) is 0. The molecule has 1 aliphatic rings. The summed E-state index contributed by atoms with van der Waals surface area (Å²) in [5, 5.41) is 9.73. The van der Waals surface area contributed by atoms with Crippen molar-refractivity contribution in [2.45, 2.75) is 51.2 Å². The number of aliphatic hydroxyl groups is 1. The van der Waals surface area contributed by atoms with E-state index in [0.29, 0.717) is 19.4 Å². The Morgan fingerprint density at radius 2 is 2.14 bits per heavy atom. The van der Waals surface area contributed by atoms with Crippen LogP contribution in [0.15, 0.2) is 0 Å². The number of amides is 2. The number of carbonyl (C=O) groups excluding carboxylic acids is 2. The van der Waals surface area contributed by atoms with Crippen LogP contribution in [-0.2, 0) is 14.3 Å². The Morgan fingerprint density at radius 3 is 2.76 bits per heavy atom. The summed E-state index contributed by atoms with van der Waals surface area (Å²) in [7, 11) is 3.18. The van der Waals surface area contributed by atoms with Crippen molar-refractivity contribution in [2.75, 3.05) is 33.9 Å². The first-order valence-corrected chi connectivity index (χ1v) is 7.72. The third kappa shape index (κ3) is 5.28. The predicted octanol–water partition coefficient (Wildman–Crippen LogP) is 0.633. The SMILES string of the molecule is CCCC(=O)N1CCCC[C@H]1C(=O)N(C)C[C@@H](O)COC. The molecule has 0 saturated carbocycles. The second-order valence-electron chi connectivity index (χ2n) is 5.68. The first-order chi connectivity index (χ1) is 10.0. The molecule has 6 heteroatoms. The zero-order valence-electron chi connectivity index (χ0n) is 13.4. The molecular formula is C15H28N2O4. The van der Waals surface area contributed by atoms with E-state index in [1.54, 1.807) is 11.9 Å². The van der Waals surface area contributed by atoms with E-state index < -0.39 is 6.10 Å². The van der Waals surface area contributed by atoms with Crippen molar-refractivity contribution in [3.63, 3.8) is 0 Å². The minimum Gasteiger partial charge on any atom is -0.389 e. The molecule has 2 atom stereocenters. The predicted molar refractivity (Wildman–Crippen MR) is 79.8 cm³/mol. The minimum atomic E-state index is -0.702. The molecule has 0 spiro atoms. The second-order valence-corrected chi connectivity index (χ2v) is 5.68. The number of ether oxygens (including phenoxy) is 1. The number of aliphatic hydroxyl groups excluding tert-OH is 1. The van der Waals surface area contributed by atoms with Gasteiger partial charge in [0.15, 0.2) is 0 Å². The number of hydrogen-bond acceptors (Lipinski definition) is 4. The van der Waals surface area contributed by atoms with Gasteiger partial charge < -0.3 is 19.6 Å². The van der Waals surface area contributed by atoms with E-state index in [0.717, 1.165) is 19.3 Å². The van der Waals surface area contributed by atoms with E-state index in [-0.39, 0.29) is 31.0 Å². The highest BCUT2D eigenvalue weighted by Gasteiger charge is 2.33. The summed E-state index contributed by atoms with van der Waals surface area (Å²) < 4.78 is 4.87. The lowest BCUT2D eigenvalue weighted by Gasteiger charge is -2.37.